The summed E-state index contributed by atoms with van der Waals surface area (Å²) < 4.78 is 10.9. The second-order valence-corrected chi connectivity index (χ2v) is 4.34. The van der Waals surface area contributed by atoms with Gasteiger partial charge in [-0.15, -0.1) is 0 Å². The minimum atomic E-state index is 0.361. The second-order valence-electron chi connectivity index (χ2n) is 4.34. The standard InChI is InChI=1S/C13H29NO2/c1-4-5-10-15-12-9-14-8-6-7-11-16-13(2)3/h13-14H,4-12H2,1-3H3. The lowest BCUT2D eigenvalue weighted by Gasteiger charge is -2.08. The molecule has 0 saturated carbocycles. The summed E-state index contributed by atoms with van der Waals surface area (Å²) in [5.41, 5.74) is 0. The Hall–Kier alpha value is -0.120. The molecule has 0 radical (unpaired) electrons. The molecule has 16 heavy (non-hydrogen) atoms. The molecule has 0 aliphatic carbocycles. The quantitative estimate of drug-likeness (QED) is 0.524. The minimum absolute atomic E-state index is 0.361. The van der Waals surface area contributed by atoms with E-state index < -0.39 is 0 Å². The maximum absolute atomic E-state index is 5.46. The molecule has 0 atom stereocenters. The molecular formula is C13H29NO2. The van der Waals surface area contributed by atoms with Gasteiger partial charge in [-0.1, -0.05) is 13.3 Å². The van der Waals surface area contributed by atoms with Gasteiger partial charge in [0.05, 0.1) is 12.7 Å². The van der Waals surface area contributed by atoms with E-state index in [1.807, 2.05) is 0 Å². The van der Waals surface area contributed by atoms with Crippen LogP contribution < -0.4 is 5.32 Å². The first-order valence-electron chi connectivity index (χ1n) is 6.67. The van der Waals surface area contributed by atoms with E-state index in [1.54, 1.807) is 0 Å². The third-order valence-electron chi connectivity index (χ3n) is 2.26. The molecule has 0 aromatic heterocycles. The molecule has 0 spiro atoms. The Morgan fingerprint density at radius 2 is 1.75 bits per heavy atom. The molecule has 0 aromatic carbocycles. The van der Waals surface area contributed by atoms with Crippen LogP contribution in [-0.4, -0.2) is 39.0 Å². The van der Waals surface area contributed by atoms with Gasteiger partial charge in [0.15, 0.2) is 0 Å². The number of nitrogens with one attached hydrogen (secondary N) is 1. The molecule has 0 aliphatic rings. The van der Waals surface area contributed by atoms with E-state index in [9.17, 15) is 0 Å². The van der Waals surface area contributed by atoms with Crippen LogP contribution in [0.4, 0.5) is 0 Å². The van der Waals surface area contributed by atoms with E-state index in [1.165, 1.54) is 19.3 Å². The lowest BCUT2D eigenvalue weighted by Crippen LogP contribution is -2.21. The molecular weight excluding hydrogens is 202 g/mol. The maximum Gasteiger partial charge on any atom is 0.0590 e. The Kier molecular flexibility index (Phi) is 12.9. The summed E-state index contributed by atoms with van der Waals surface area (Å²) in [6, 6.07) is 0. The fourth-order valence-corrected chi connectivity index (χ4v) is 1.29. The smallest absolute Gasteiger partial charge is 0.0590 e. The van der Waals surface area contributed by atoms with Crippen LogP contribution in [-0.2, 0) is 9.47 Å². The fraction of sp³-hybridized carbons (Fsp3) is 1.00. The van der Waals surface area contributed by atoms with Crippen molar-refractivity contribution in [3.8, 4) is 0 Å². The van der Waals surface area contributed by atoms with E-state index in [2.05, 4.69) is 26.1 Å². The van der Waals surface area contributed by atoms with E-state index in [-0.39, 0.29) is 0 Å². The number of hydrogen-bond acceptors (Lipinski definition) is 3. The van der Waals surface area contributed by atoms with Gasteiger partial charge in [0.2, 0.25) is 0 Å². The summed E-state index contributed by atoms with van der Waals surface area (Å²) >= 11 is 0. The molecule has 0 unspecified atom stereocenters. The van der Waals surface area contributed by atoms with Crippen LogP contribution in [0.1, 0.15) is 46.5 Å². The summed E-state index contributed by atoms with van der Waals surface area (Å²) in [4.78, 5) is 0. The van der Waals surface area contributed by atoms with Crippen LogP contribution in [0.15, 0.2) is 0 Å². The number of unbranched alkanes of at least 4 members (excludes halogenated alkanes) is 2. The van der Waals surface area contributed by atoms with Gasteiger partial charge in [-0.3, -0.25) is 0 Å². The van der Waals surface area contributed by atoms with Crippen molar-refractivity contribution in [1.82, 2.24) is 5.32 Å². The first-order valence-corrected chi connectivity index (χ1v) is 6.67. The number of rotatable bonds is 12. The average molecular weight is 231 g/mol. The van der Waals surface area contributed by atoms with Gasteiger partial charge in [0.25, 0.3) is 0 Å². The lowest BCUT2D eigenvalue weighted by molar-refractivity contribution is 0.0759. The van der Waals surface area contributed by atoms with Crippen molar-refractivity contribution in [3.63, 3.8) is 0 Å². The summed E-state index contributed by atoms with van der Waals surface area (Å²) in [6.45, 7) is 11.0. The summed E-state index contributed by atoms with van der Waals surface area (Å²) in [6.07, 6.45) is 5.07. The topological polar surface area (TPSA) is 30.5 Å². The third kappa shape index (κ3) is 13.9. The average Bonchev–Trinajstić information content (AvgIpc) is 2.25. The van der Waals surface area contributed by atoms with Crippen LogP contribution in [0.2, 0.25) is 0 Å². The SMILES string of the molecule is CCCCOCCNCCCCOC(C)C. The van der Waals surface area contributed by atoms with Crippen molar-refractivity contribution in [3.05, 3.63) is 0 Å². The Balaban J connectivity index is 2.88. The fourth-order valence-electron chi connectivity index (χ4n) is 1.29. The van der Waals surface area contributed by atoms with Gasteiger partial charge >= 0.3 is 0 Å². The second kappa shape index (κ2) is 12.9. The zero-order chi connectivity index (χ0) is 12.1. The summed E-state index contributed by atoms with van der Waals surface area (Å²) in [7, 11) is 0. The molecule has 3 nitrogen and oxygen atoms in total. The lowest BCUT2D eigenvalue weighted by atomic mass is 10.3. The Bertz CT molecular complexity index is 129. The molecule has 0 saturated heterocycles. The van der Waals surface area contributed by atoms with Crippen LogP contribution in [0, 0.1) is 0 Å². The van der Waals surface area contributed by atoms with E-state index in [4.69, 9.17) is 9.47 Å². The summed E-state index contributed by atoms with van der Waals surface area (Å²) in [5, 5.41) is 3.37. The molecule has 1 N–H and O–H groups in total. The predicted molar refractivity (Wildman–Crippen MR) is 68.9 cm³/mol. The maximum atomic E-state index is 5.46. The highest BCUT2D eigenvalue weighted by molar-refractivity contribution is 4.48. The van der Waals surface area contributed by atoms with Crippen LogP contribution in [0.3, 0.4) is 0 Å². The normalized spacial score (nSPS) is 11.2. The molecule has 0 heterocycles. The van der Waals surface area contributed by atoms with Crippen LogP contribution >= 0.6 is 0 Å². The van der Waals surface area contributed by atoms with Crippen molar-refractivity contribution in [2.75, 3.05) is 32.9 Å². The highest BCUT2D eigenvalue weighted by atomic mass is 16.5. The monoisotopic (exact) mass is 231 g/mol. The van der Waals surface area contributed by atoms with Crippen molar-refractivity contribution in [2.24, 2.45) is 0 Å². The molecule has 0 amide bonds. The molecule has 0 bridgehead atoms. The Morgan fingerprint density at radius 1 is 0.938 bits per heavy atom. The van der Waals surface area contributed by atoms with Gasteiger partial charge in [0.1, 0.15) is 0 Å². The van der Waals surface area contributed by atoms with Gasteiger partial charge in [0, 0.05) is 19.8 Å². The molecule has 98 valence electrons. The number of ether oxygens (including phenoxy) is 2. The van der Waals surface area contributed by atoms with Crippen LogP contribution in [0.25, 0.3) is 0 Å². The first-order chi connectivity index (χ1) is 7.77. The molecule has 3 heteroatoms. The van der Waals surface area contributed by atoms with Crippen molar-refractivity contribution in [1.29, 1.82) is 0 Å². The van der Waals surface area contributed by atoms with Gasteiger partial charge in [-0.25, -0.2) is 0 Å². The molecule has 0 rings (SSSR count). The largest absolute Gasteiger partial charge is 0.380 e. The zero-order valence-corrected chi connectivity index (χ0v) is 11.3. The number of hydrogen-bond donors (Lipinski definition) is 1. The van der Waals surface area contributed by atoms with E-state index >= 15 is 0 Å². The Labute approximate surface area is 101 Å². The minimum Gasteiger partial charge on any atom is -0.380 e. The van der Waals surface area contributed by atoms with E-state index in [0.29, 0.717) is 6.10 Å². The third-order valence-corrected chi connectivity index (χ3v) is 2.26. The highest BCUT2D eigenvalue weighted by Gasteiger charge is 1.93. The molecule has 0 aliphatic heterocycles. The summed E-state index contributed by atoms with van der Waals surface area (Å²) in [5.74, 6) is 0. The first kappa shape index (κ1) is 15.9. The van der Waals surface area contributed by atoms with Crippen molar-refractivity contribution < 1.29 is 9.47 Å². The Morgan fingerprint density at radius 3 is 2.44 bits per heavy atom. The van der Waals surface area contributed by atoms with Crippen molar-refractivity contribution >= 4 is 0 Å². The highest BCUT2D eigenvalue weighted by Crippen LogP contribution is 1.93. The van der Waals surface area contributed by atoms with Crippen LogP contribution in [0.5, 0.6) is 0 Å². The van der Waals surface area contributed by atoms with Crippen molar-refractivity contribution in [2.45, 2.75) is 52.6 Å². The predicted octanol–water partition coefficient (Wildman–Crippen LogP) is 2.60. The molecule has 0 aromatic rings. The van der Waals surface area contributed by atoms with E-state index in [0.717, 1.165) is 39.3 Å². The van der Waals surface area contributed by atoms with Gasteiger partial charge < -0.3 is 14.8 Å². The van der Waals surface area contributed by atoms with Gasteiger partial charge in [-0.2, -0.15) is 0 Å². The van der Waals surface area contributed by atoms with Gasteiger partial charge in [-0.05, 0) is 39.7 Å². The zero-order valence-electron chi connectivity index (χ0n) is 11.3. The molecule has 0 fully saturated rings.